The highest BCUT2D eigenvalue weighted by atomic mass is 16.5. The average Bonchev–Trinajstić information content (AvgIpc) is 2.77. The van der Waals surface area contributed by atoms with E-state index >= 15 is 0 Å². The fourth-order valence-electron chi connectivity index (χ4n) is 2.48. The van der Waals surface area contributed by atoms with Crippen LogP contribution < -0.4 is 10.1 Å². The van der Waals surface area contributed by atoms with Crippen molar-refractivity contribution in [2.75, 3.05) is 13.7 Å². The van der Waals surface area contributed by atoms with E-state index in [-0.39, 0.29) is 11.9 Å². The van der Waals surface area contributed by atoms with Gasteiger partial charge in [0.05, 0.1) is 13.2 Å². The first-order valence-corrected chi connectivity index (χ1v) is 6.45. The summed E-state index contributed by atoms with van der Waals surface area (Å²) in [4.78, 5) is 0. The molecule has 4 heteroatoms. The number of rotatable bonds is 5. The molecule has 2 rings (SSSR count). The summed E-state index contributed by atoms with van der Waals surface area (Å²) in [5.41, 5.74) is 0.821. The molecule has 1 aliphatic carbocycles. The third-order valence-corrected chi connectivity index (χ3v) is 3.63. The largest absolute Gasteiger partial charge is 0.508 e. The fraction of sp³-hybridized carbons (Fsp3) is 0.571. The lowest BCUT2D eigenvalue weighted by molar-refractivity contribution is 0.131. The molecule has 2 unspecified atom stereocenters. The Morgan fingerprint density at radius 3 is 2.89 bits per heavy atom. The number of phenols is 1. The molecular weight excluding hydrogens is 230 g/mol. The van der Waals surface area contributed by atoms with Gasteiger partial charge < -0.3 is 20.3 Å². The lowest BCUT2D eigenvalue weighted by Crippen LogP contribution is -2.27. The Balaban J connectivity index is 1.86. The zero-order valence-corrected chi connectivity index (χ0v) is 10.7. The van der Waals surface area contributed by atoms with Crippen molar-refractivity contribution >= 4 is 0 Å². The molecule has 4 nitrogen and oxygen atoms in total. The van der Waals surface area contributed by atoms with Crippen LogP contribution in [0.1, 0.15) is 24.8 Å². The molecule has 0 spiro atoms. The second-order valence-electron chi connectivity index (χ2n) is 4.88. The lowest BCUT2D eigenvalue weighted by Gasteiger charge is -2.15. The van der Waals surface area contributed by atoms with Gasteiger partial charge in [-0.05, 0) is 37.0 Å². The molecule has 0 aliphatic heterocycles. The Kier molecular flexibility index (Phi) is 4.44. The molecule has 0 amide bonds. The molecule has 1 aliphatic rings. The third kappa shape index (κ3) is 3.15. The number of ether oxygens (including phenoxy) is 1. The number of benzene rings is 1. The van der Waals surface area contributed by atoms with E-state index in [1.807, 2.05) is 6.07 Å². The highest BCUT2D eigenvalue weighted by molar-refractivity contribution is 5.39. The highest BCUT2D eigenvalue weighted by Gasteiger charge is 2.24. The Hall–Kier alpha value is -1.26. The van der Waals surface area contributed by atoms with Gasteiger partial charge >= 0.3 is 0 Å². The Labute approximate surface area is 108 Å². The smallest absolute Gasteiger partial charge is 0.120 e. The quantitative estimate of drug-likeness (QED) is 0.744. The summed E-state index contributed by atoms with van der Waals surface area (Å²) in [7, 11) is 1.61. The summed E-state index contributed by atoms with van der Waals surface area (Å²) in [6.07, 6.45) is 2.93. The van der Waals surface area contributed by atoms with E-state index in [0.29, 0.717) is 12.5 Å². The van der Waals surface area contributed by atoms with Crippen LogP contribution in [0.15, 0.2) is 18.2 Å². The second-order valence-corrected chi connectivity index (χ2v) is 4.88. The van der Waals surface area contributed by atoms with Crippen LogP contribution in [0.2, 0.25) is 0 Å². The van der Waals surface area contributed by atoms with Gasteiger partial charge in [0.25, 0.3) is 0 Å². The number of hydrogen-bond donors (Lipinski definition) is 3. The van der Waals surface area contributed by atoms with Crippen molar-refractivity contribution < 1.29 is 14.9 Å². The van der Waals surface area contributed by atoms with Gasteiger partial charge in [-0.3, -0.25) is 0 Å². The number of methoxy groups -OCH3 is 1. The van der Waals surface area contributed by atoms with E-state index in [1.54, 1.807) is 19.2 Å². The van der Waals surface area contributed by atoms with Crippen LogP contribution in [0.25, 0.3) is 0 Å². The van der Waals surface area contributed by atoms with Gasteiger partial charge in [0, 0.05) is 18.7 Å². The van der Waals surface area contributed by atoms with Crippen molar-refractivity contribution in [3.05, 3.63) is 23.8 Å². The van der Waals surface area contributed by atoms with E-state index in [2.05, 4.69) is 5.32 Å². The molecule has 100 valence electrons. The van der Waals surface area contributed by atoms with E-state index in [9.17, 15) is 10.2 Å². The molecule has 0 aromatic heterocycles. The van der Waals surface area contributed by atoms with Gasteiger partial charge in [0.1, 0.15) is 11.5 Å². The standard InChI is InChI=1S/C14H21NO3/c1-18-12-5-6-14(17)11(7-12)9-15-8-10-3-2-4-13(10)16/h5-7,10,13,15-17H,2-4,8-9H2,1H3. The fourth-order valence-corrected chi connectivity index (χ4v) is 2.48. The predicted molar refractivity (Wildman–Crippen MR) is 69.7 cm³/mol. The van der Waals surface area contributed by atoms with Gasteiger partial charge in [-0.15, -0.1) is 0 Å². The number of aliphatic hydroxyl groups is 1. The van der Waals surface area contributed by atoms with Crippen LogP contribution in [0, 0.1) is 5.92 Å². The molecule has 0 radical (unpaired) electrons. The Morgan fingerprint density at radius 2 is 2.22 bits per heavy atom. The van der Waals surface area contributed by atoms with E-state index in [1.165, 1.54) is 0 Å². The predicted octanol–water partition coefficient (Wildman–Crippen LogP) is 1.65. The third-order valence-electron chi connectivity index (χ3n) is 3.63. The average molecular weight is 251 g/mol. The molecule has 0 heterocycles. The van der Waals surface area contributed by atoms with Crippen LogP contribution in [-0.4, -0.2) is 30.0 Å². The van der Waals surface area contributed by atoms with Crippen molar-refractivity contribution in [2.45, 2.75) is 31.9 Å². The summed E-state index contributed by atoms with van der Waals surface area (Å²) in [5.74, 6) is 1.36. The van der Waals surface area contributed by atoms with Gasteiger partial charge in [0.15, 0.2) is 0 Å². The topological polar surface area (TPSA) is 61.7 Å². The summed E-state index contributed by atoms with van der Waals surface area (Å²) in [6, 6.07) is 5.20. The van der Waals surface area contributed by atoms with Crippen molar-refractivity contribution in [3.63, 3.8) is 0 Å². The van der Waals surface area contributed by atoms with Crippen LogP contribution in [-0.2, 0) is 6.54 Å². The van der Waals surface area contributed by atoms with E-state index < -0.39 is 0 Å². The van der Waals surface area contributed by atoms with Crippen LogP contribution in [0.3, 0.4) is 0 Å². The van der Waals surface area contributed by atoms with Crippen LogP contribution in [0.4, 0.5) is 0 Å². The molecular formula is C14H21NO3. The minimum absolute atomic E-state index is 0.170. The number of phenolic OH excluding ortho intramolecular Hbond substituents is 1. The summed E-state index contributed by atoms with van der Waals surface area (Å²) < 4.78 is 5.13. The van der Waals surface area contributed by atoms with Gasteiger partial charge in [-0.2, -0.15) is 0 Å². The van der Waals surface area contributed by atoms with Crippen molar-refractivity contribution in [3.8, 4) is 11.5 Å². The second kappa shape index (κ2) is 6.07. The first-order valence-electron chi connectivity index (χ1n) is 6.45. The lowest BCUT2D eigenvalue weighted by atomic mass is 10.1. The first kappa shape index (κ1) is 13.2. The zero-order valence-electron chi connectivity index (χ0n) is 10.7. The van der Waals surface area contributed by atoms with Crippen LogP contribution >= 0.6 is 0 Å². The van der Waals surface area contributed by atoms with E-state index in [4.69, 9.17) is 4.74 Å². The number of aliphatic hydroxyl groups excluding tert-OH is 1. The maximum absolute atomic E-state index is 9.73. The molecule has 0 saturated heterocycles. The Morgan fingerprint density at radius 1 is 1.39 bits per heavy atom. The molecule has 1 fully saturated rings. The maximum Gasteiger partial charge on any atom is 0.120 e. The molecule has 2 atom stereocenters. The molecule has 1 aromatic rings. The number of hydrogen-bond acceptors (Lipinski definition) is 4. The molecule has 3 N–H and O–H groups in total. The van der Waals surface area contributed by atoms with Crippen molar-refractivity contribution in [1.29, 1.82) is 0 Å². The maximum atomic E-state index is 9.73. The minimum atomic E-state index is -0.170. The first-order chi connectivity index (χ1) is 8.70. The molecule has 0 bridgehead atoms. The van der Waals surface area contributed by atoms with E-state index in [0.717, 1.165) is 37.1 Å². The SMILES string of the molecule is COc1ccc(O)c(CNCC2CCCC2O)c1. The van der Waals surface area contributed by atoms with Gasteiger partial charge in [-0.25, -0.2) is 0 Å². The summed E-state index contributed by atoms with van der Waals surface area (Å²) in [6.45, 7) is 1.38. The zero-order chi connectivity index (χ0) is 13.0. The molecule has 18 heavy (non-hydrogen) atoms. The van der Waals surface area contributed by atoms with Crippen LogP contribution in [0.5, 0.6) is 11.5 Å². The van der Waals surface area contributed by atoms with Crippen molar-refractivity contribution in [2.24, 2.45) is 5.92 Å². The minimum Gasteiger partial charge on any atom is -0.508 e. The van der Waals surface area contributed by atoms with Gasteiger partial charge in [0.2, 0.25) is 0 Å². The monoisotopic (exact) mass is 251 g/mol. The summed E-state index contributed by atoms with van der Waals surface area (Å²) in [5, 5.41) is 22.7. The Bertz CT molecular complexity index is 395. The summed E-state index contributed by atoms with van der Waals surface area (Å²) >= 11 is 0. The normalized spacial score (nSPS) is 23.2. The van der Waals surface area contributed by atoms with Crippen molar-refractivity contribution in [1.82, 2.24) is 5.32 Å². The molecule has 1 saturated carbocycles. The van der Waals surface area contributed by atoms with Gasteiger partial charge in [-0.1, -0.05) is 6.42 Å². The molecule has 1 aromatic carbocycles. The number of aromatic hydroxyl groups is 1. The highest BCUT2D eigenvalue weighted by Crippen LogP contribution is 2.26. The number of nitrogens with one attached hydrogen (secondary N) is 1.